The summed E-state index contributed by atoms with van der Waals surface area (Å²) < 4.78 is 1.52. The standard InChI is InChI=1S/C16H21N5O/c1-11-7-5-6-10-13(11)21-15(17)14(19-20-21)16(22)18-12-8-3-2-4-9-12/h5-7,10,12H,2-4,8-9,17H2,1H3,(H,18,22). The van der Waals surface area contributed by atoms with Gasteiger partial charge in [-0.15, -0.1) is 5.10 Å². The lowest BCUT2D eigenvalue weighted by molar-refractivity contribution is 0.0923. The molecule has 0 aliphatic heterocycles. The molecule has 3 N–H and O–H groups in total. The van der Waals surface area contributed by atoms with Crippen LogP contribution in [0.25, 0.3) is 5.69 Å². The van der Waals surface area contributed by atoms with Crippen molar-refractivity contribution in [1.29, 1.82) is 0 Å². The largest absolute Gasteiger partial charge is 0.382 e. The average molecular weight is 299 g/mol. The predicted molar refractivity (Wildman–Crippen MR) is 84.8 cm³/mol. The summed E-state index contributed by atoms with van der Waals surface area (Å²) in [6, 6.07) is 7.96. The van der Waals surface area contributed by atoms with Crippen LogP contribution in [0.1, 0.15) is 48.2 Å². The third-order valence-corrected chi connectivity index (χ3v) is 4.20. The van der Waals surface area contributed by atoms with E-state index >= 15 is 0 Å². The molecule has 0 spiro atoms. The number of hydrogen-bond donors (Lipinski definition) is 2. The molecule has 1 aliphatic rings. The summed E-state index contributed by atoms with van der Waals surface area (Å²) in [7, 11) is 0. The summed E-state index contributed by atoms with van der Waals surface area (Å²) in [5.41, 5.74) is 8.15. The number of nitrogens with zero attached hydrogens (tertiary/aromatic N) is 3. The first-order valence-corrected chi connectivity index (χ1v) is 7.75. The van der Waals surface area contributed by atoms with Gasteiger partial charge in [-0.2, -0.15) is 4.68 Å². The van der Waals surface area contributed by atoms with E-state index in [4.69, 9.17) is 5.73 Å². The molecule has 2 aromatic rings. The lowest BCUT2D eigenvalue weighted by Crippen LogP contribution is -2.36. The summed E-state index contributed by atoms with van der Waals surface area (Å²) in [4.78, 5) is 12.4. The normalized spacial score (nSPS) is 15.7. The molecule has 0 unspecified atom stereocenters. The number of para-hydroxylation sites is 1. The van der Waals surface area contributed by atoms with Gasteiger partial charge in [-0.25, -0.2) is 0 Å². The number of amides is 1. The number of anilines is 1. The fraction of sp³-hybridized carbons (Fsp3) is 0.438. The van der Waals surface area contributed by atoms with Crippen LogP contribution in [0.4, 0.5) is 5.82 Å². The van der Waals surface area contributed by atoms with Crippen molar-refractivity contribution in [2.24, 2.45) is 0 Å². The molecular formula is C16H21N5O. The van der Waals surface area contributed by atoms with Gasteiger partial charge in [0.05, 0.1) is 5.69 Å². The minimum Gasteiger partial charge on any atom is -0.382 e. The molecule has 3 rings (SSSR count). The number of benzene rings is 1. The van der Waals surface area contributed by atoms with Gasteiger partial charge in [-0.05, 0) is 31.4 Å². The number of nitrogens with one attached hydrogen (secondary N) is 1. The molecule has 1 aromatic carbocycles. The fourth-order valence-corrected chi connectivity index (χ4v) is 2.93. The summed E-state index contributed by atoms with van der Waals surface area (Å²) >= 11 is 0. The van der Waals surface area contributed by atoms with Gasteiger partial charge in [0.2, 0.25) is 0 Å². The van der Waals surface area contributed by atoms with Crippen LogP contribution in [0.15, 0.2) is 24.3 Å². The maximum Gasteiger partial charge on any atom is 0.275 e. The molecule has 1 heterocycles. The lowest BCUT2D eigenvalue weighted by atomic mass is 9.95. The molecule has 116 valence electrons. The zero-order chi connectivity index (χ0) is 15.5. The lowest BCUT2D eigenvalue weighted by Gasteiger charge is -2.22. The second kappa shape index (κ2) is 6.17. The van der Waals surface area contributed by atoms with Crippen LogP contribution in [0, 0.1) is 6.92 Å². The number of carbonyl (C=O) groups is 1. The second-order valence-electron chi connectivity index (χ2n) is 5.83. The van der Waals surface area contributed by atoms with Gasteiger partial charge in [-0.1, -0.05) is 42.7 Å². The third kappa shape index (κ3) is 2.81. The van der Waals surface area contributed by atoms with Crippen LogP contribution in [0.5, 0.6) is 0 Å². The first-order valence-electron chi connectivity index (χ1n) is 7.75. The van der Waals surface area contributed by atoms with Gasteiger partial charge in [0.15, 0.2) is 11.5 Å². The number of aromatic nitrogens is 3. The maximum absolute atomic E-state index is 12.4. The first kappa shape index (κ1) is 14.6. The molecular weight excluding hydrogens is 278 g/mol. The van der Waals surface area contributed by atoms with E-state index in [1.54, 1.807) is 0 Å². The van der Waals surface area contributed by atoms with Gasteiger partial charge >= 0.3 is 0 Å². The number of nitrogen functional groups attached to an aromatic ring is 1. The van der Waals surface area contributed by atoms with E-state index in [-0.39, 0.29) is 23.5 Å². The molecule has 1 aliphatic carbocycles. The quantitative estimate of drug-likeness (QED) is 0.910. The topological polar surface area (TPSA) is 85.8 Å². The van der Waals surface area contributed by atoms with E-state index in [1.165, 1.54) is 11.1 Å². The Hall–Kier alpha value is -2.37. The highest BCUT2D eigenvalue weighted by molar-refractivity contribution is 5.96. The van der Waals surface area contributed by atoms with Crippen molar-refractivity contribution in [2.45, 2.75) is 45.1 Å². The third-order valence-electron chi connectivity index (χ3n) is 4.20. The van der Waals surface area contributed by atoms with Crippen LogP contribution in [-0.4, -0.2) is 26.9 Å². The Morgan fingerprint density at radius 2 is 2.00 bits per heavy atom. The molecule has 1 aromatic heterocycles. The molecule has 1 amide bonds. The van der Waals surface area contributed by atoms with Crippen molar-refractivity contribution >= 4 is 11.7 Å². The van der Waals surface area contributed by atoms with Crippen molar-refractivity contribution in [2.75, 3.05) is 5.73 Å². The number of aryl methyl sites for hydroxylation is 1. The van der Waals surface area contributed by atoms with Gasteiger partial charge in [0, 0.05) is 6.04 Å². The maximum atomic E-state index is 12.4. The highest BCUT2D eigenvalue weighted by Gasteiger charge is 2.22. The molecule has 1 saturated carbocycles. The molecule has 6 heteroatoms. The van der Waals surface area contributed by atoms with Gasteiger partial charge in [0.1, 0.15) is 0 Å². The van der Waals surface area contributed by atoms with E-state index in [9.17, 15) is 4.79 Å². The van der Waals surface area contributed by atoms with E-state index in [1.807, 2.05) is 31.2 Å². The Morgan fingerprint density at radius 1 is 1.27 bits per heavy atom. The van der Waals surface area contributed by atoms with Crippen LogP contribution in [-0.2, 0) is 0 Å². The first-order chi connectivity index (χ1) is 10.7. The molecule has 0 bridgehead atoms. The van der Waals surface area contributed by atoms with Crippen molar-refractivity contribution in [3.8, 4) is 5.69 Å². The Morgan fingerprint density at radius 3 is 2.73 bits per heavy atom. The van der Waals surface area contributed by atoms with E-state index < -0.39 is 0 Å². The van der Waals surface area contributed by atoms with Crippen molar-refractivity contribution in [1.82, 2.24) is 20.3 Å². The van der Waals surface area contributed by atoms with Crippen LogP contribution >= 0.6 is 0 Å². The number of hydrogen-bond acceptors (Lipinski definition) is 4. The van der Waals surface area contributed by atoms with Gasteiger partial charge in [0.25, 0.3) is 5.91 Å². The van der Waals surface area contributed by atoms with Crippen LogP contribution < -0.4 is 11.1 Å². The summed E-state index contributed by atoms with van der Waals surface area (Å²) in [5, 5.41) is 11.0. The number of carbonyl (C=O) groups excluding carboxylic acids is 1. The molecule has 22 heavy (non-hydrogen) atoms. The Labute approximate surface area is 129 Å². The van der Waals surface area contributed by atoms with E-state index in [0.29, 0.717) is 0 Å². The zero-order valence-corrected chi connectivity index (χ0v) is 12.7. The minimum atomic E-state index is -0.232. The van der Waals surface area contributed by atoms with Crippen LogP contribution in [0.2, 0.25) is 0 Å². The van der Waals surface area contributed by atoms with Crippen LogP contribution in [0.3, 0.4) is 0 Å². The number of rotatable bonds is 3. The van der Waals surface area contributed by atoms with Gasteiger partial charge in [-0.3, -0.25) is 4.79 Å². The van der Waals surface area contributed by atoms with Crippen molar-refractivity contribution < 1.29 is 4.79 Å². The monoisotopic (exact) mass is 299 g/mol. The Bertz CT molecular complexity index is 673. The molecule has 6 nitrogen and oxygen atoms in total. The zero-order valence-electron chi connectivity index (χ0n) is 12.7. The van der Waals surface area contributed by atoms with Crippen molar-refractivity contribution in [3.63, 3.8) is 0 Å². The fourth-order valence-electron chi connectivity index (χ4n) is 2.93. The summed E-state index contributed by atoms with van der Waals surface area (Å²) in [6.45, 7) is 1.97. The Kier molecular flexibility index (Phi) is 4.09. The molecule has 0 atom stereocenters. The number of nitrogens with two attached hydrogens (primary N) is 1. The highest BCUT2D eigenvalue weighted by Crippen LogP contribution is 2.20. The summed E-state index contributed by atoms with van der Waals surface area (Å²) in [6.07, 6.45) is 5.62. The Balaban J connectivity index is 1.81. The van der Waals surface area contributed by atoms with E-state index in [2.05, 4.69) is 15.6 Å². The van der Waals surface area contributed by atoms with Crippen molar-refractivity contribution in [3.05, 3.63) is 35.5 Å². The SMILES string of the molecule is Cc1ccccc1-n1nnc(C(=O)NC2CCCCC2)c1N. The smallest absolute Gasteiger partial charge is 0.275 e. The molecule has 0 radical (unpaired) electrons. The predicted octanol–water partition coefficient (Wildman–Crippen LogP) is 2.22. The van der Waals surface area contributed by atoms with Gasteiger partial charge < -0.3 is 11.1 Å². The molecule has 0 saturated heterocycles. The summed E-state index contributed by atoms with van der Waals surface area (Å²) in [5.74, 6) is 0.0480. The second-order valence-corrected chi connectivity index (χ2v) is 5.83. The van der Waals surface area contributed by atoms with E-state index in [0.717, 1.165) is 36.9 Å². The average Bonchev–Trinajstić information content (AvgIpc) is 2.90. The minimum absolute atomic E-state index is 0.203. The molecule has 1 fully saturated rings. The highest BCUT2D eigenvalue weighted by atomic mass is 16.2.